The third-order valence-electron chi connectivity index (χ3n) is 5.50. The van der Waals surface area contributed by atoms with Gasteiger partial charge in [0, 0.05) is 19.5 Å². The van der Waals surface area contributed by atoms with Crippen LogP contribution in [0.2, 0.25) is 0 Å². The maximum Gasteiger partial charge on any atom is 0.242 e. The number of hydrogen-bond donors (Lipinski definition) is 0. The first kappa shape index (κ1) is 25.7. The highest BCUT2D eigenvalue weighted by Gasteiger charge is 2.23. The van der Waals surface area contributed by atoms with Gasteiger partial charge in [0.25, 0.3) is 0 Å². The molecule has 5 heteroatoms. The van der Waals surface area contributed by atoms with Crippen LogP contribution in [-0.2, 0) is 22.7 Å². The number of unbranched alkanes of at least 4 members (excludes halogenated alkanes) is 5. The summed E-state index contributed by atoms with van der Waals surface area (Å²) >= 11 is 0. The van der Waals surface area contributed by atoms with E-state index in [0.29, 0.717) is 32.0 Å². The Hall–Kier alpha value is -2.56. The normalized spacial score (nSPS) is 11.0. The summed E-state index contributed by atoms with van der Waals surface area (Å²) in [6, 6.07) is 13.6. The van der Waals surface area contributed by atoms with Crippen molar-refractivity contribution in [2.24, 2.45) is 5.92 Å². The maximum atomic E-state index is 13.3. The predicted molar refractivity (Wildman–Crippen MR) is 129 cm³/mol. The molecule has 1 heterocycles. The second kappa shape index (κ2) is 14.5. The van der Waals surface area contributed by atoms with Crippen molar-refractivity contribution in [3.63, 3.8) is 0 Å². The van der Waals surface area contributed by atoms with E-state index in [4.69, 9.17) is 4.42 Å². The topological polar surface area (TPSA) is 53.8 Å². The van der Waals surface area contributed by atoms with Gasteiger partial charge in [-0.25, -0.2) is 0 Å². The molecule has 5 nitrogen and oxygen atoms in total. The van der Waals surface area contributed by atoms with Crippen LogP contribution in [-0.4, -0.2) is 34.7 Å². The molecule has 0 fully saturated rings. The van der Waals surface area contributed by atoms with Crippen LogP contribution in [0, 0.1) is 5.92 Å². The fraction of sp³-hybridized carbons (Fsp3) is 0.556. The van der Waals surface area contributed by atoms with Crippen LogP contribution >= 0.6 is 0 Å². The van der Waals surface area contributed by atoms with Crippen LogP contribution in [0.1, 0.15) is 77.0 Å². The van der Waals surface area contributed by atoms with Gasteiger partial charge in [0.1, 0.15) is 5.76 Å². The molecule has 0 saturated heterocycles. The fourth-order valence-corrected chi connectivity index (χ4v) is 3.80. The zero-order chi connectivity index (χ0) is 23.2. The van der Waals surface area contributed by atoms with Gasteiger partial charge in [-0.1, -0.05) is 83.2 Å². The number of carbonyl (C=O) groups is 2. The van der Waals surface area contributed by atoms with E-state index in [0.717, 1.165) is 24.2 Å². The largest absolute Gasteiger partial charge is 0.467 e. The van der Waals surface area contributed by atoms with E-state index < -0.39 is 0 Å². The van der Waals surface area contributed by atoms with Crippen molar-refractivity contribution >= 4 is 11.8 Å². The zero-order valence-electron chi connectivity index (χ0n) is 20.1. The highest BCUT2D eigenvalue weighted by molar-refractivity contribution is 5.84. The van der Waals surface area contributed by atoms with Gasteiger partial charge in [-0.15, -0.1) is 0 Å². The summed E-state index contributed by atoms with van der Waals surface area (Å²) < 4.78 is 5.49. The predicted octanol–water partition coefficient (Wildman–Crippen LogP) is 6.04. The minimum atomic E-state index is -0.0535. The first-order valence-electron chi connectivity index (χ1n) is 12.1. The number of carbonyl (C=O) groups excluding carboxylic acids is 2. The molecule has 2 aromatic rings. The van der Waals surface area contributed by atoms with E-state index >= 15 is 0 Å². The summed E-state index contributed by atoms with van der Waals surface area (Å²) in [6.07, 6.45) is 9.01. The number of nitrogens with zero attached hydrogens (tertiary/aromatic N) is 2. The molecule has 0 bridgehead atoms. The SMILES string of the molecule is CCCCCCCCC(=O)N(CC(=O)N(Cc1ccccc1)Cc1ccco1)CC(C)C. The van der Waals surface area contributed by atoms with E-state index in [-0.39, 0.29) is 18.4 Å². The lowest BCUT2D eigenvalue weighted by Gasteiger charge is -2.28. The highest BCUT2D eigenvalue weighted by Crippen LogP contribution is 2.14. The molecule has 0 atom stereocenters. The van der Waals surface area contributed by atoms with E-state index in [1.807, 2.05) is 42.5 Å². The Balaban J connectivity index is 2.00. The number of rotatable bonds is 15. The quantitative estimate of drug-likeness (QED) is 0.317. The summed E-state index contributed by atoms with van der Waals surface area (Å²) in [5.41, 5.74) is 1.06. The molecule has 0 spiro atoms. The van der Waals surface area contributed by atoms with Gasteiger partial charge in [-0.2, -0.15) is 0 Å². The van der Waals surface area contributed by atoms with Gasteiger partial charge in [-0.3, -0.25) is 9.59 Å². The Bertz CT molecular complexity index is 771. The summed E-state index contributed by atoms with van der Waals surface area (Å²) in [6.45, 7) is 7.96. The molecule has 176 valence electrons. The maximum absolute atomic E-state index is 13.3. The number of benzene rings is 1. The summed E-state index contributed by atoms with van der Waals surface area (Å²) in [4.78, 5) is 29.8. The van der Waals surface area contributed by atoms with E-state index in [9.17, 15) is 9.59 Å². The number of amides is 2. The third kappa shape index (κ3) is 9.71. The monoisotopic (exact) mass is 440 g/mol. The van der Waals surface area contributed by atoms with Gasteiger partial charge in [-0.05, 0) is 30.0 Å². The molecular formula is C27H40N2O3. The molecule has 0 saturated carbocycles. The van der Waals surface area contributed by atoms with Crippen molar-refractivity contribution in [2.45, 2.75) is 78.8 Å². The molecule has 2 rings (SSSR count). The molecule has 0 unspecified atom stereocenters. The Morgan fingerprint density at radius 2 is 1.56 bits per heavy atom. The lowest BCUT2D eigenvalue weighted by Crippen LogP contribution is -2.43. The minimum absolute atomic E-state index is 0.0535. The third-order valence-corrected chi connectivity index (χ3v) is 5.50. The number of furan rings is 1. The van der Waals surface area contributed by atoms with Crippen molar-refractivity contribution in [1.82, 2.24) is 9.80 Å². The van der Waals surface area contributed by atoms with Crippen LogP contribution < -0.4 is 0 Å². The molecule has 0 aliphatic heterocycles. The second-order valence-corrected chi connectivity index (χ2v) is 9.00. The van der Waals surface area contributed by atoms with Crippen LogP contribution in [0.4, 0.5) is 0 Å². The van der Waals surface area contributed by atoms with Gasteiger partial charge in [0.05, 0.1) is 19.4 Å². The molecule has 0 radical (unpaired) electrons. The van der Waals surface area contributed by atoms with Crippen LogP contribution in [0.15, 0.2) is 53.1 Å². The Morgan fingerprint density at radius 1 is 0.844 bits per heavy atom. The van der Waals surface area contributed by atoms with Gasteiger partial charge >= 0.3 is 0 Å². The van der Waals surface area contributed by atoms with Gasteiger partial charge in [0.2, 0.25) is 11.8 Å². The van der Waals surface area contributed by atoms with E-state index in [1.54, 1.807) is 16.1 Å². The fourth-order valence-electron chi connectivity index (χ4n) is 3.80. The van der Waals surface area contributed by atoms with Crippen molar-refractivity contribution in [1.29, 1.82) is 0 Å². The van der Waals surface area contributed by atoms with Gasteiger partial charge < -0.3 is 14.2 Å². The lowest BCUT2D eigenvalue weighted by atomic mass is 10.1. The standard InChI is InChI=1S/C27H40N2O3/c1-4-5-6-7-8-12-17-26(30)28(19-23(2)3)22-27(31)29(21-25-16-13-18-32-25)20-24-14-10-9-11-15-24/h9-11,13-16,18,23H,4-8,12,17,19-22H2,1-3H3. The molecule has 32 heavy (non-hydrogen) atoms. The lowest BCUT2D eigenvalue weighted by molar-refractivity contribution is -0.141. The first-order chi connectivity index (χ1) is 15.5. The zero-order valence-corrected chi connectivity index (χ0v) is 20.1. The number of hydrogen-bond acceptors (Lipinski definition) is 3. The minimum Gasteiger partial charge on any atom is -0.467 e. The van der Waals surface area contributed by atoms with E-state index in [2.05, 4.69) is 20.8 Å². The molecule has 1 aromatic heterocycles. The molecule has 0 N–H and O–H groups in total. The summed E-state index contributed by atoms with van der Waals surface area (Å²) in [5, 5.41) is 0. The van der Waals surface area contributed by atoms with Gasteiger partial charge in [0.15, 0.2) is 0 Å². The first-order valence-corrected chi connectivity index (χ1v) is 12.1. The molecule has 0 aliphatic carbocycles. The molecular weight excluding hydrogens is 400 g/mol. The van der Waals surface area contributed by atoms with Crippen molar-refractivity contribution in [3.05, 3.63) is 60.1 Å². The van der Waals surface area contributed by atoms with Crippen LogP contribution in [0.5, 0.6) is 0 Å². The van der Waals surface area contributed by atoms with Crippen molar-refractivity contribution < 1.29 is 14.0 Å². The summed E-state index contributed by atoms with van der Waals surface area (Å²) in [7, 11) is 0. The Morgan fingerprint density at radius 3 is 2.22 bits per heavy atom. The second-order valence-electron chi connectivity index (χ2n) is 9.00. The van der Waals surface area contributed by atoms with Crippen LogP contribution in [0.3, 0.4) is 0 Å². The van der Waals surface area contributed by atoms with Crippen molar-refractivity contribution in [3.8, 4) is 0 Å². The van der Waals surface area contributed by atoms with E-state index in [1.165, 1.54) is 25.7 Å². The highest BCUT2D eigenvalue weighted by atomic mass is 16.3. The smallest absolute Gasteiger partial charge is 0.242 e. The average molecular weight is 441 g/mol. The molecule has 2 amide bonds. The average Bonchev–Trinajstić information content (AvgIpc) is 3.28. The van der Waals surface area contributed by atoms with Crippen LogP contribution in [0.25, 0.3) is 0 Å². The Labute approximate surface area is 193 Å². The summed E-state index contributed by atoms with van der Waals surface area (Å²) in [5.74, 6) is 1.08. The molecule has 1 aromatic carbocycles. The molecule has 0 aliphatic rings. The Kier molecular flexibility index (Phi) is 11.6. The van der Waals surface area contributed by atoms with Crippen molar-refractivity contribution in [2.75, 3.05) is 13.1 Å².